The first-order chi connectivity index (χ1) is 5.70. The van der Waals surface area contributed by atoms with Crippen molar-refractivity contribution in [2.75, 3.05) is 20.8 Å². The van der Waals surface area contributed by atoms with E-state index in [0.29, 0.717) is 0 Å². The van der Waals surface area contributed by atoms with Crippen LogP contribution in [0.15, 0.2) is 0 Å². The molecule has 1 fully saturated rings. The number of ether oxygens (including phenoxy) is 3. The van der Waals surface area contributed by atoms with Crippen molar-refractivity contribution in [2.45, 2.75) is 18.3 Å². The molecule has 1 N–H and O–H groups in total. The van der Waals surface area contributed by atoms with E-state index in [1.54, 1.807) is 0 Å². The van der Waals surface area contributed by atoms with E-state index in [9.17, 15) is 9.90 Å². The largest absolute Gasteiger partial charge is 0.455 e. The van der Waals surface area contributed by atoms with Gasteiger partial charge in [0.05, 0.1) is 6.61 Å². The van der Waals surface area contributed by atoms with Crippen LogP contribution in [0, 0.1) is 0 Å². The molecule has 5 nitrogen and oxygen atoms in total. The smallest absolute Gasteiger partial charge is 0.338 e. The van der Waals surface area contributed by atoms with Gasteiger partial charge in [0.2, 0.25) is 0 Å². The summed E-state index contributed by atoms with van der Waals surface area (Å²) in [7, 11) is 2.91. The Bertz CT molecular complexity index is 169. The van der Waals surface area contributed by atoms with Gasteiger partial charge in [0.25, 0.3) is 0 Å². The Morgan fingerprint density at radius 3 is 2.75 bits per heavy atom. The highest BCUT2D eigenvalue weighted by Gasteiger charge is 2.43. The van der Waals surface area contributed by atoms with Crippen LogP contribution in [0.5, 0.6) is 0 Å². The van der Waals surface area contributed by atoms with Crippen LogP contribution in [0.2, 0.25) is 0 Å². The molecule has 1 aliphatic rings. The van der Waals surface area contributed by atoms with E-state index in [4.69, 9.17) is 14.2 Å². The molecule has 0 saturated carbocycles. The van der Waals surface area contributed by atoms with Crippen molar-refractivity contribution in [1.29, 1.82) is 0 Å². The first kappa shape index (κ1) is 9.44. The molecule has 1 saturated heterocycles. The number of carbonyl (C=O) groups excluding carboxylic acids is 1. The molecule has 3 atom stereocenters. The molecule has 0 aliphatic carbocycles. The number of esters is 1. The lowest BCUT2D eigenvalue weighted by molar-refractivity contribution is -0.148. The first-order valence-corrected chi connectivity index (χ1v) is 3.61. The first-order valence-electron chi connectivity index (χ1n) is 3.61. The number of cyclic esters (lactones) is 1. The fourth-order valence-electron chi connectivity index (χ4n) is 1.20. The van der Waals surface area contributed by atoms with Crippen molar-refractivity contribution < 1.29 is 24.1 Å². The summed E-state index contributed by atoms with van der Waals surface area (Å²) in [5, 5.41) is 9.20. The molecule has 1 heterocycles. The monoisotopic (exact) mass is 176 g/mol. The van der Waals surface area contributed by atoms with Gasteiger partial charge in [0.15, 0.2) is 12.2 Å². The zero-order valence-corrected chi connectivity index (χ0v) is 7.02. The summed E-state index contributed by atoms with van der Waals surface area (Å²) in [6, 6.07) is 0. The van der Waals surface area contributed by atoms with Gasteiger partial charge in [-0.1, -0.05) is 0 Å². The summed E-state index contributed by atoms with van der Waals surface area (Å²) in [6.45, 7) is 0.237. The predicted octanol–water partition coefficient (Wildman–Crippen LogP) is -1.07. The molecule has 12 heavy (non-hydrogen) atoms. The fourth-order valence-corrected chi connectivity index (χ4v) is 1.20. The fraction of sp³-hybridized carbons (Fsp3) is 0.857. The molecule has 0 amide bonds. The summed E-state index contributed by atoms with van der Waals surface area (Å²) in [5.41, 5.74) is 0. The maximum Gasteiger partial charge on any atom is 0.338 e. The highest BCUT2D eigenvalue weighted by molar-refractivity contribution is 5.77. The number of aliphatic hydroxyl groups excluding tert-OH is 1. The van der Waals surface area contributed by atoms with E-state index in [0.717, 1.165) is 0 Å². The second-order valence-electron chi connectivity index (χ2n) is 2.58. The van der Waals surface area contributed by atoms with E-state index in [2.05, 4.69) is 0 Å². The highest BCUT2D eigenvalue weighted by Crippen LogP contribution is 2.18. The number of hydrogen-bond acceptors (Lipinski definition) is 5. The van der Waals surface area contributed by atoms with Gasteiger partial charge in [-0.3, -0.25) is 0 Å². The van der Waals surface area contributed by atoms with Crippen molar-refractivity contribution >= 4 is 5.97 Å². The van der Waals surface area contributed by atoms with Crippen LogP contribution < -0.4 is 0 Å². The third-order valence-electron chi connectivity index (χ3n) is 1.79. The molecule has 0 radical (unpaired) electrons. The van der Waals surface area contributed by atoms with Crippen molar-refractivity contribution in [3.8, 4) is 0 Å². The summed E-state index contributed by atoms with van der Waals surface area (Å²) in [4.78, 5) is 10.8. The van der Waals surface area contributed by atoms with Crippen LogP contribution in [-0.4, -0.2) is 50.2 Å². The SMILES string of the molecule is COCC1OC(=O)C(O)C1OC. The molecule has 0 spiro atoms. The van der Waals surface area contributed by atoms with Crippen LogP contribution in [-0.2, 0) is 19.0 Å². The maximum atomic E-state index is 10.8. The zero-order valence-electron chi connectivity index (χ0n) is 7.02. The van der Waals surface area contributed by atoms with Crippen LogP contribution in [0.25, 0.3) is 0 Å². The lowest BCUT2D eigenvalue weighted by Crippen LogP contribution is -2.35. The number of carbonyl (C=O) groups is 1. The maximum absolute atomic E-state index is 10.8. The van der Waals surface area contributed by atoms with E-state index in [1.807, 2.05) is 0 Å². The summed E-state index contributed by atoms with van der Waals surface area (Å²) < 4.78 is 14.4. The molecular formula is C7H12O5. The zero-order chi connectivity index (χ0) is 9.14. The molecule has 3 unspecified atom stereocenters. The van der Waals surface area contributed by atoms with Crippen molar-refractivity contribution in [1.82, 2.24) is 0 Å². The molecule has 1 rings (SSSR count). The Labute approximate surface area is 70.2 Å². The van der Waals surface area contributed by atoms with Gasteiger partial charge in [-0.25, -0.2) is 4.79 Å². The Morgan fingerprint density at radius 1 is 1.58 bits per heavy atom. The average Bonchev–Trinajstić information content (AvgIpc) is 2.29. The van der Waals surface area contributed by atoms with Gasteiger partial charge in [-0.15, -0.1) is 0 Å². The standard InChI is InChI=1S/C7H12O5/c1-10-3-4-6(11-2)5(8)7(9)12-4/h4-6,8H,3H2,1-2H3. The molecule has 1 aliphatic heterocycles. The molecule has 0 aromatic rings. The van der Waals surface area contributed by atoms with E-state index in [-0.39, 0.29) is 6.61 Å². The number of hydrogen-bond donors (Lipinski definition) is 1. The van der Waals surface area contributed by atoms with E-state index < -0.39 is 24.3 Å². The van der Waals surface area contributed by atoms with Crippen LogP contribution in [0.3, 0.4) is 0 Å². The minimum Gasteiger partial charge on any atom is -0.455 e. The van der Waals surface area contributed by atoms with Crippen LogP contribution in [0.1, 0.15) is 0 Å². The Balaban J connectivity index is 2.58. The quantitative estimate of drug-likeness (QED) is 0.555. The minimum absolute atomic E-state index is 0.237. The van der Waals surface area contributed by atoms with Gasteiger partial charge < -0.3 is 19.3 Å². The van der Waals surface area contributed by atoms with Gasteiger partial charge in [-0.05, 0) is 0 Å². The Hall–Kier alpha value is -0.650. The van der Waals surface area contributed by atoms with Gasteiger partial charge in [-0.2, -0.15) is 0 Å². The second-order valence-corrected chi connectivity index (χ2v) is 2.58. The molecule has 0 aromatic carbocycles. The minimum atomic E-state index is -1.19. The third kappa shape index (κ3) is 1.57. The topological polar surface area (TPSA) is 65.0 Å². The Morgan fingerprint density at radius 2 is 2.25 bits per heavy atom. The summed E-state index contributed by atoms with van der Waals surface area (Å²) >= 11 is 0. The highest BCUT2D eigenvalue weighted by atomic mass is 16.6. The van der Waals surface area contributed by atoms with Crippen LogP contribution in [0.4, 0.5) is 0 Å². The van der Waals surface area contributed by atoms with Crippen LogP contribution >= 0.6 is 0 Å². The lowest BCUT2D eigenvalue weighted by Gasteiger charge is -2.15. The van der Waals surface area contributed by atoms with Gasteiger partial charge >= 0.3 is 5.97 Å². The van der Waals surface area contributed by atoms with Gasteiger partial charge in [0, 0.05) is 14.2 Å². The predicted molar refractivity (Wildman–Crippen MR) is 38.6 cm³/mol. The normalized spacial score (nSPS) is 35.2. The lowest BCUT2D eigenvalue weighted by atomic mass is 10.1. The summed E-state index contributed by atoms with van der Waals surface area (Å²) in [6.07, 6.45) is -2.30. The number of rotatable bonds is 3. The van der Waals surface area contributed by atoms with E-state index >= 15 is 0 Å². The van der Waals surface area contributed by atoms with Crippen molar-refractivity contribution in [2.24, 2.45) is 0 Å². The molecule has 0 aromatic heterocycles. The van der Waals surface area contributed by atoms with Crippen molar-refractivity contribution in [3.05, 3.63) is 0 Å². The third-order valence-corrected chi connectivity index (χ3v) is 1.79. The average molecular weight is 176 g/mol. The number of methoxy groups -OCH3 is 2. The number of aliphatic hydroxyl groups is 1. The molecular weight excluding hydrogens is 164 g/mol. The summed E-state index contributed by atoms with van der Waals surface area (Å²) in [5.74, 6) is -0.649. The Kier molecular flexibility index (Phi) is 3.02. The molecule has 5 heteroatoms. The molecule has 0 bridgehead atoms. The van der Waals surface area contributed by atoms with Crippen molar-refractivity contribution in [3.63, 3.8) is 0 Å². The van der Waals surface area contributed by atoms with Gasteiger partial charge in [0.1, 0.15) is 6.10 Å². The van der Waals surface area contributed by atoms with E-state index in [1.165, 1.54) is 14.2 Å². The second kappa shape index (κ2) is 3.84. The molecule has 70 valence electrons.